The Kier molecular flexibility index (Phi) is 10.0. The number of para-hydroxylation sites is 1. The average Bonchev–Trinajstić information content (AvgIpc) is 3.48. The van der Waals surface area contributed by atoms with Gasteiger partial charge in [0.25, 0.3) is 5.56 Å². The van der Waals surface area contributed by atoms with Gasteiger partial charge in [0.15, 0.2) is 36.0 Å². The highest BCUT2D eigenvalue weighted by atomic mass is 32.1. The third-order valence-electron chi connectivity index (χ3n) is 7.10. The van der Waals surface area contributed by atoms with Crippen LogP contribution < -0.4 is 15.0 Å². The van der Waals surface area contributed by atoms with Crippen LogP contribution in [-0.2, 0) is 49.3 Å². The topological polar surface area (TPSA) is 173 Å². The molecule has 0 saturated carbocycles. The third-order valence-corrected chi connectivity index (χ3v) is 7.47. The average molecular weight is 670 g/mol. The van der Waals surface area contributed by atoms with Crippen LogP contribution in [0.4, 0.5) is 0 Å². The van der Waals surface area contributed by atoms with Gasteiger partial charge >= 0.3 is 23.9 Å². The van der Waals surface area contributed by atoms with Gasteiger partial charge in [-0.25, -0.2) is 4.68 Å². The van der Waals surface area contributed by atoms with E-state index in [-0.39, 0.29) is 23.7 Å². The highest BCUT2D eigenvalue weighted by Gasteiger charge is 2.53. The van der Waals surface area contributed by atoms with Crippen molar-refractivity contribution in [2.24, 2.45) is 0 Å². The van der Waals surface area contributed by atoms with E-state index in [4.69, 9.17) is 45.4 Å². The first-order valence-corrected chi connectivity index (χ1v) is 14.8. The number of rotatable bonds is 9. The van der Waals surface area contributed by atoms with Crippen molar-refractivity contribution in [2.45, 2.75) is 64.8 Å². The number of ether oxygens (including phenoxy) is 7. The largest absolute Gasteiger partial charge is 0.463 e. The molecular weight excluding hydrogens is 638 g/mol. The van der Waals surface area contributed by atoms with Crippen LogP contribution >= 0.6 is 12.2 Å². The second kappa shape index (κ2) is 14.1. The number of nitrogens with zero attached hydrogens (tertiary/aromatic N) is 3. The van der Waals surface area contributed by atoms with Crippen molar-refractivity contribution in [1.82, 2.24) is 14.3 Å². The lowest BCUT2D eigenvalue weighted by molar-refractivity contribution is -0.271. The summed E-state index contributed by atoms with van der Waals surface area (Å²) in [6.45, 7) is 4.13. The van der Waals surface area contributed by atoms with Crippen LogP contribution in [0.3, 0.4) is 0 Å². The second-order valence-electron chi connectivity index (χ2n) is 10.6. The first-order valence-electron chi connectivity index (χ1n) is 14.4. The molecule has 5 atom stereocenters. The Balaban J connectivity index is 1.70. The van der Waals surface area contributed by atoms with Gasteiger partial charge in [-0.2, -0.15) is 5.10 Å². The second-order valence-corrected chi connectivity index (χ2v) is 11.0. The van der Waals surface area contributed by atoms with Gasteiger partial charge in [-0.3, -0.25) is 28.5 Å². The van der Waals surface area contributed by atoms with E-state index in [2.05, 4.69) is 5.10 Å². The summed E-state index contributed by atoms with van der Waals surface area (Å²) in [5.41, 5.74) is 0.523. The normalized spacial score (nSPS) is 21.4. The zero-order valence-corrected chi connectivity index (χ0v) is 26.6. The van der Waals surface area contributed by atoms with Crippen molar-refractivity contribution in [1.29, 1.82) is 0 Å². The molecule has 2 aromatic carbocycles. The summed E-state index contributed by atoms with van der Waals surface area (Å²) in [6.07, 6.45) is -7.11. The molecule has 0 radical (unpaired) electrons. The predicted octanol–water partition coefficient (Wildman–Crippen LogP) is 2.34. The Morgan fingerprint density at radius 1 is 0.851 bits per heavy atom. The summed E-state index contributed by atoms with van der Waals surface area (Å²) >= 11 is 5.80. The lowest BCUT2D eigenvalue weighted by atomic mass is 9.97. The molecule has 15 nitrogen and oxygen atoms in total. The predicted molar refractivity (Wildman–Crippen MR) is 161 cm³/mol. The zero-order chi connectivity index (χ0) is 33.8. The van der Waals surface area contributed by atoms with E-state index in [1.807, 2.05) is 0 Å². The van der Waals surface area contributed by atoms with Crippen LogP contribution in [0.5, 0.6) is 11.5 Å². The fraction of sp³-hybridized carbons (Fsp3) is 0.387. The van der Waals surface area contributed by atoms with Gasteiger partial charge in [-0.1, -0.05) is 24.3 Å². The number of hydrogen-bond donors (Lipinski definition) is 0. The van der Waals surface area contributed by atoms with Crippen molar-refractivity contribution in [3.63, 3.8) is 0 Å². The fourth-order valence-electron chi connectivity index (χ4n) is 5.26. The lowest BCUT2D eigenvalue weighted by Crippen LogP contribution is -2.61. The lowest BCUT2D eigenvalue weighted by Gasteiger charge is -2.44. The Bertz CT molecular complexity index is 1810. The molecular formula is C31H31N3O12S. The summed E-state index contributed by atoms with van der Waals surface area (Å²) in [4.78, 5) is 62.7. The molecule has 1 fully saturated rings. The van der Waals surface area contributed by atoms with E-state index >= 15 is 0 Å². The minimum absolute atomic E-state index is 0.00317. The number of fused-ring (bicyclic) bond motifs is 1. The monoisotopic (exact) mass is 669 g/mol. The van der Waals surface area contributed by atoms with Gasteiger partial charge < -0.3 is 33.2 Å². The Hall–Kier alpha value is -5.09. The Morgan fingerprint density at radius 3 is 2.15 bits per heavy atom. The van der Waals surface area contributed by atoms with Gasteiger partial charge in [0.1, 0.15) is 18.4 Å². The maximum atomic E-state index is 14.0. The molecule has 0 amide bonds. The highest BCUT2D eigenvalue weighted by molar-refractivity contribution is 7.71. The fourth-order valence-corrected chi connectivity index (χ4v) is 5.60. The van der Waals surface area contributed by atoms with Crippen LogP contribution in [0.15, 0.2) is 53.3 Å². The van der Waals surface area contributed by atoms with Gasteiger partial charge in [-0.15, -0.1) is 0 Å². The molecule has 5 rings (SSSR count). The van der Waals surface area contributed by atoms with E-state index in [1.54, 1.807) is 48.5 Å². The number of carbonyl (C=O) groups excluding carboxylic acids is 4. The molecule has 1 saturated heterocycles. The molecule has 0 aliphatic carbocycles. The van der Waals surface area contributed by atoms with E-state index < -0.39 is 66.7 Å². The maximum absolute atomic E-state index is 14.0. The SMILES string of the molecule is CC(=O)OC[C@H]1O[C@@H](n2nc(Cc3ccc4c(c3)OCO4)c(=O)n(-c3ccccc3)c2=S)[C@H](OC(C)=O)[C@@H](OC(C)=O)[C@@H]1OC(C)=O. The van der Waals surface area contributed by atoms with Gasteiger partial charge in [0, 0.05) is 34.1 Å². The van der Waals surface area contributed by atoms with Crippen LogP contribution in [0.2, 0.25) is 0 Å². The number of aromatic nitrogens is 3. The summed E-state index contributed by atoms with van der Waals surface area (Å²) < 4.78 is 41.3. The molecule has 1 aromatic heterocycles. The molecule has 47 heavy (non-hydrogen) atoms. The van der Waals surface area contributed by atoms with Gasteiger partial charge in [-0.05, 0) is 42.0 Å². The van der Waals surface area contributed by atoms with Crippen molar-refractivity contribution in [3.05, 3.63) is 74.9 Å². The van der Waals surface area contributed by atoms with Crippen LogP contribution in [0.25, 0.3) is 5.69 Å². The maximum Gasteiger partial charge on any atom is 0.303 e. The Labute approximate surface area is 272 Å². The van der Waals surface area contributed by atoms with Crippen LogP contribution in [0.1, 0.15) is 45.2 Å². The number of benzene rings is 2. The molecule has 2 aliphatic heterocycles. The summed E-state index contributed by atoms with van der Waals surface area (Å²) in [6, 6.07) is 13.7. The third kappa shape index (κ3) is 7.49. The molecule has 3 aromatic rings. The van der Waals surface area contributed by atoms with E-state index in [0.29, 0.717) is 22.7 Å². The molecule has 0 spiro atoms. The van der Waals surface area contributed by atoms with Crippen molar-refractivity contribution >= 4 is 36.1 Å². The molecule has 0 N–H and O–H groups in total. The first kappa shape index (κ1) is 33.3. The van der Waals surface area contributed by atoms with E-state index in [9.17, 15) is 24.0 Å². The quantitative estimate of drug-likeness (QED) is 0.185. The molecule has 248 valence electrons. The first-order chi connectivity index (χ1) is 22.4. The van der Waals surface area contributed by atoms with Crippen LogP contribution in [0, 0.1) is 4.77 Å². The summed E-state index contributed by atoms with van der Waals surface area (Å²) in [7, 11) is 0. The van der Waals surface area contributed by atoms with E-state index in [0.717, 1.165) is 25.5 Å². The summed E-state index contributed by atoms with van der Waals surface area (Å²) in [5, 5.41) is 4.59. The molecule has 3 heterocycles. The molecule has 2 aliphatic rings. The minimum atomic E-state index is -1.51. The highest BCUT2D eigenvalue weighted by Crippen LogP contribution is 2.35. The number of esters is 4. The standard InChI is InChI=1S/C31H31N3O12S/c1-16(35)40-14-25-26(43-17(2)36)27(44-18(3)37)28(45-19(4)38)30(46-25)34-31(47)33(21-8-6-5-7-9-21)29(39)22(32-34)12-20-10-11-23-24(13-20)42-15-41-23/h5-11,13,25-28,30H,12,14-15H2,1-4H3/t25-,26-,27+,28-,30-/m1/s1. The Morgan fingerprint density at radius 2 is 1.49 bits per heavy atom. The summed E-state index contributed by atoms with van der Waals surface area (Å²) in [5.74, 6) is -2.00. The van der Waals surface area contributed by atoms with Crippen LogP contribution in [-0.4, -0.2) is 76.0 Å². The smallest absolute Gasteiger partial charge is 0.303 e. The molecule has 16 heteroatoms. The van der Waals surface area contributed by atoms with Gasteiger partial charge in [0.2, 0.25) is 11.6 Å². The number of hydrogen-bond acceptors (Lipinski definition) is 14. The van der Waals surface area contributed by atoms with Crippen molar-refractivity contribution in [3.8, 4) is 17.2 Å². The van der Waals surface area contributed by atoms with Crippen molar-refractivity contribution < 1.29 is 52.3 Å². The van der Waals surface area contributed by atoms with Gasteiger partial charge in [0.05, 0.1) is 5.69 Å². The minimum Gasteiger partial charge on any atom is -0.463 e. The molecule has 0 bridgehead atoms. The van der Waals surface area contributed by atoms with Crippen molar-refractivity contribution in [2.75, 3.05) is 13.4 Å². The zero-order valence-electron chi connectivity index (χ0n) is 25.8. The van der Waals surface area contributed by atoms with E-state index in [1.165, 1.54) is 11.5 Å². The molecule has 0 unspecified atom stereocenters. The number of carbonyl (C=O) groups is 4.